The predicted molar refractivity (Wildman–Crippen MR) is 117 cm³/mol. The van der Waals surface area contributed by atoms with Gasteiger partial charge in [0.1, 0.15) is 11.5 Å². The number of methoxy groups -OCH3 is 1. The highest BCUT2D eigenvalue weighted by Crippen LogP contribution is 2.43. The van der Waals surface area contributed by atoms with E-state index in [1.165, 1.54) is 6.42 Å². The zero-order valence-electron chi connectivity index (χ0n) is 16.2. The van der Waals surface area contributed by atoms with Crippen LogP contribution in [0.5, 0.6) is 5.75 Å². The first kappa shape index (κ1) is 18.2. The summed E-state index contributed by atoms with van der Waals surface area (Å²) in [6.45, 7) is 1.94. The number of anilines is 1. The van der Waals surface area contributed by atoms with Crippen LogP contribution in [-0.2, 0) is 0 Å². The van der Waals surface area contributed by atoms with Crippen LogP contribution in [0.2, 0.25) is 0 Å². The van der Waals surface area contributed by atoms with Gasteiger partial charge in [0.25, 0.3) is 0 Å². The standard InChI is InChI=1S/C23H22FN3OS/c1-28-22-20(27-8-3-2-4-9-27)6-5-19(24)21(22)18-13-26-23-17(18)11-16(12-25-23)15-7-10-29-14-15/h5-7,10-14H,2-4,8-9H2,1H3,(H,25,26). The molecule has 1 aromatic carbocycles. The van der Waals surface area contributed by atoms with Crippen LogP contribution in [0.1, 0.15) is 19.3 Å². The number of H-pyrrole nitrogens is 1. The van der Waals surface area contributed by atoms with E-state index in [9.17, 15) is 0 Å². The fourth-order valence-electron chi connectivity index (χ4n) is 4.19. The zero-order chi connectivity index (χ0) is 19.8. The molecule has 0 atom stereocenters. The van der Waals surface area contributed by atoms with Crippen molar-refractivity contribution in [3.8, 4) is 28.0 Å². The van der Waals surface area contributed by atoms with Gasteiger partial charge in [-0.1, -0.05) is 0 Å². The van der Waals surface area contributed by atoms with Crippen LogP contribution < -0.4 is 9.64 Å². The van der Waals surface area contributed by atoms with Gasteiger partial charge in [-0.3, -0.25) is 0 Å². The fourth-order valence-corrected chi connectivity index (χ4v) is 4.85. The summed E-state index contributed by atoms with van der Waals surface area (Å²) < 4.78 is 20.9. The predicted octanol–water partition coefficient (Wildman–Crippen LogP) is 6.10. The molecule has 3 aromatic heterocycles. The topological polar surface area (TPSA) is 41.1 Å². The highest BCUT2D eigenvalue weighted by molar-refractivity contribution is 7.08. The molecular weight excluding hydrogens is 385 g/mol. The van der Waals surface area contributed by atoms with Gasteiger partial charge < -0.3 is 14.6 Å². The minimum atomic E-state index is -0.288. The number of hydrogen-bond donors (Lipinski definition) is 1. The van der Waals surface area contributed by atoms with E-state index >= 15 is 4.39 Å². The monoisotopic (exact) mass is 407 g/mol. The molecule has 0 unspecified atom stereocenters. The molecule has 1 fully saturated rings. The first-order valence-electron chi connectivity index (χ1n) is 9.88. The Kier molecular flexibility index (Phi) is 4.72. The van der Waals surface area contributed by atoms with Crippen molar-refractivity contribution >= 4 is 28.1 Å². The van der Waals surface area contributed by atoms with E-state index in [1.54, 1.807) is 24.5 Å². The molecule has 4 heterocycles. The summed E-state index contributed by atoms with van der Waals surface area (Å²) in [5.41, 5.74) is 5.10. The van der Waals surface area contributed by atoms with E-state index in [2.05, 4.69) is 32.4 Å². The summed E-state index contributed by atoms with van der Waals surface area (Å²) in [4.78, 5) is 10.0. The Morgan fingerprint density at radius 2 is 2.00 bits per heavy atom. The van der Waals surface area contributed by atoms with Crippen molar-refractivity contribution in [3.63, 3.8) is 0 Å². The second-order valence-electron chi connectivity index (χ2n) is 7.36. The third kappa shape index (κ3) is 3.17. The summed E-state index contributed by atoms with van der Waals surface area (Å²) in [5, 5.41) is 5.03. The van der Waals surface area contributed by atoms with E-state index < -0.39 is 0 Å². The highest BCUT2D eigenvalue weighted by Gasteiger charge is 2.23. The van der Waals surface area contributed by atoms with Gasteiger partial charge in [-0.25, -0.2) is 9.37 Å². The summed E-state index contributed by atoms with van der Waals surface area (Å²) in [6.07, 6.45) is 7.22. The van der Waals surface area contributed by atoms with Crippen LogP contribution >= 0.6 is 11.3 Å². The van der Waals surface area contributed by atoms with Gasteiger partial charge in [0.15, 0.2) is 5.75 Å². The minimum Gasteiger partial charge on any atom is -0.494 e. The molecule has 0 radical (unpaired) electrons. The second kappa shape index (κ2) is 7.52. The first-order chi connectivity index (χ1) is 14.3. The molecular formula is C23H22FN3OS. The average Bonchev–Trinajstić information content (AvgIpc) is 3.44. The van der Waals surface area contributed by atoms with Gasteiger partial charge in [-0.15, -0.1) is 0 Å². The number of halogens is 1. The molecule has 1 aliphatic heterocycles. The van der Waals surface area contributed by atoms with Gasteiger partial charge in [0.05, 0.1) is 18.4 Å². The molecule has 148 valence electrons. The maximum atomic E-state index is 15.1. The molecule has 29 heavy (non-hydrogen) atoms. The molecule has 1 N–H and O–H groups in total. The van der Waals surface area contributed by atoms with Crippen molar-refractivity contribution in [2.75, 3.05) is 25.1 Å². The molecule has 0 amide bonds. The Hall–Kier alpha value is -2.86. The van der Waals surface area contributed by atoms with E-state index in [1.807, 2.05) is 23.8 Å². The summed E-state index contributed by atoms with van der Waals surface area (Å²) >= 11 is 1.65. The number of nitrogens with zero attached hydrogens (tertiary/aromatic N) is 2. The maximum absolute atomic E-state index is 15.1. The molecule has 0 aliphatic carbocycles. The van der Waals surface area contributed by atoms with E-state index in [4.69, 9.17) is 4.74 Å². The molecule has 0 bridgehead atoms. The number of aromatic nitrogens is 2. The van der Waals surface area contributed by atoms with Crippen molar-refractivity contribution in [2.45, 2.75) is 19.3 Å². The molecule has 1 aliphatic rings. The van der Waals surface area contributed by atoms with Crippen LogP contribution in [-0.4, -0.2) is 30.2 Å². The molecule has 4 nitrogen and oxygen atoms in total. The lowest BCUT2D eigenvalue weighted by Gasteiger charge is -2.30. The van der Waals surface area contributed by atoms with Gasteiger partial charge in [0.2, 0.25) is 0 Å². The number of aromatic amines is 1. The van der Waals surface area contributed by atoms with Crippen molar-refractivity contribution in [1.29, 1.82) is 0 Å². The van der Waals surface area contributed by atoms with E-state index in [0.717, 1.165) is 59.3 Å². The number of ether oxygens (including phenoxy) is 1. The Balaban J connectivity index is 1.69. The average molecular weight is 408 g/mol. The molecule has 5 rings (SSSR count). The number of hydrogen-bond acceptors (Lipinski definition) is 4. The van der Waals surface area contributed by atoms with Crippen LogP contribution in [0.25, 0.3) is 33.3 Å². The number of thiophene rings is 1. The third-order valence-electron chi connectivity index (χ3n) is 5.64. The van der Waals surface area contributed by atoms with Crippen molar-refractivity contribution in [3.05, 3.63) is 53.2 Å². The lowest BCUT2D eigenvalue weighted by Crippen LogP contribution is -2.29. The lowest BCUT2D eigenvalue weighted by molar-refractivity contribution is 0.411. The Morgan fingerprint density at radius 3 is 2.76 bits per heavy atom. The minimum absolute atomic E-state index is 0.288. The second-order valence-corrected chi connectivity index (χ2v) is 8.14. The zero-order valence-corrected chi connectivity index (χ0v) is 17.1. The van der Waals surface area contributed by atoms with Gasteiger partial charge in [-0.2, -0.15) is 11.3 Å². The van der Waals surface area contributed by atoms with Gasteiger partial charge in [0, 0.05) is 42.0 Å². The third-order valence-corrected chi connectivity index (χ3v) is 6.33. The Morgan fingerprint density at radius 1 is 1.14 bits per heavy atom. The largest absolute Gasteiger partial charge is 0.494 e. The van der Waals surface area contributed by atoms with Crippen molar-refractivity contribution < 1.29 is 9.13 Å². The van der Waals surface area contributed by atoms with Crippen LogP contribution in [0, 0.1) is 5.82 Å². The molecule has 6 heteroatoms. The maximum Gasteiger partial charge on any atom is 0.153 e. The number of piperidine rings is 1. The molecule has 4 aromatic rings. The smallest absolute Gasteiger partial charge is 0.153 e. The highest BCUT2D eigenvalue weighted by atomic mass is 32.1. The fraction of sp³-hybridized carbons (Fsp3) is 0.261. The SMILES string of the molecule is COc1c(N2CCCCC2)ccc(F)c1-c1c[nH]c2ncc(-c3ccsc3)cc12. The number of pyridine rings is 1. The lowest BCUT2D eigenvalue weighted by atomic mass is 10.00. The number of benzene rings is 1. The molecule has 0 spiro atoms. The number of rotatable bonds is 4. The summed E-state index contributed by atoms with van der Waals surface area (Å²) in [5.74, 6) is 0.304. The van der Waals surface area contributed by atoms with Crippen molar-refractivity contribution in [2.24, 2.45) is 0 Å². The van der Waals surface area contributed by atoms with E-state index in [0.29, 0.717) is 11.3 Å². The molecule has 0 saturated carbocycles. The summed E-state index contributed by atoms with van der Waals surface area (Å²) in [6, 6.07) is 7.53. The van der Waals surface area contributed by atoms with Crippen LogP contribution in [0.15, 0.2) is 47.4 Å². The van der Waals surface area contributed by atoms with Crippen molar-refractivity contribution in [1.82, 2.24) is 9.97 Å². The van der Waals surface area contributed by atoms with Gasteiger partial charge >= 0.3 is 0 Å². The normalized spacial score (nSPS) is 14.5. The Labute approximate surface area is 173 Å². The van der Waals surface area contributed by atoms with E-state index in [-0.39, 0.29) is 5.82 Å². The van der Waals surface area contributed by atoms with Gasteiger partial charge in [-0.05, 0) is 59.9 Å². The number of nitrogens with one attached hydrogen (secondary N) is 1. The molecule has 1 saturated heterocycles. The first-order valence-corrected chi connectivity index (χ1v) is 10.8. The quantitative estimate of drug-likeness (QED) is 0.445. The number of fused-ring (bicyclic) bond motifs is 1. The summed E-state index contributed by atoms with van der Waals surface area (Å²) in [7, 11) is 1.62. The Bertz CT molecular complexity index is 1150. The van der Waals surface area contributed by atoms with Crippen LogP contribution in [0.4, 0.5) is 10.1 Å². The van der Waals surface area contributed by atoms with Crippen LogP contribution in [0.3, 0.4) is 0 Å².